The van der Waals surface area contributed by atoms with Crippen LogP contribution in [0.4, 0.5) is 0 Å². The summed E-state index contributed by atoms with van der Waals surface area (Å²) in [7, 11) is -2.78. The monoisotopic (exact) mass is 261 g/mol. The predicted octanol–water partition coefficient (Wildman–Crippen LogP) is 2.23. The molecule has 1 fully saturated rings. The minimum absolute atomic E-state index is 0.270. The molecule has 2 atom stereocenters. The third-order valence-electron chi connectivity index (χ3n) is 3.94. The largest absolute Gasteiger partial charge is 0.316 e. The number of nitrogens with one attached hydrogen (secondary N) is 1. The van der Waals surface area contributed by atoms with Crippen LogP contribution in [0.1, 0.15) is 46.0 Å². The highest BCUT2D eigenvalue weighted by atomic mass is 32.2. The molecule has 17 heavy (non-hydrogen) atoms. The number of hydrogen-bond donors (Lipinski definition) is 1. The lowest BCUT2D eigenvalue weighted by Crippen LogP contribution is -2.30. The van der Waals surface area contributed by atoms with Crippen LogP contribution in [0.25, 0.3) is 0 Å². The van der Waals surface area contributed by atoms with Crippen LogP contribution in [0, 0.1) is 11.8 Å². The number of rotatable bonds is 7. The predicted molar refractivity (Wildman–Crippen MR) is 72.9 cm³/mol. The molecule has 0 aromatic carbocycles. The summed E-state index contributed by atoms with van der Waals surface area (Å²) in [6.45, 7) is 5.95. The van der Waals surface area contributed by atoms with Gasteiger partial charge in [-0.25, -0.2) is 8.42 Å². The van der Waals surface area contributed by atoms with Gasteiger partial charge in [-0.2, -0.15) is 0 Å². The molecule has 0 aromatic heterocycles. The lowest BCUT2D eigenvalue weighted by Gasteiger charge is -2.28. The molecule has 1 rings (SSSR count). The van der Waals surface area contributed by atoms with Gasteiger partial charge in [0.25, 0.3) is 0 Å². The summed E-state index contributed by atoms with van der Waals surface area (Å²) in [4.78, 5) is 0. The Kier molecular flexibility index (Phi) is 6.49. The molecule has 0 radical (unpaired) electrons. The average Bonchev–Trinajstić information content (AvgIpc) is 2.31. The summed E-state index contributed by atoms with van der Waals surface area (Å²) in [5.74, 6) is 2.23. The summed E-state index contributed by atoms with van der Waals surface area (Å²) in [6.07, 6.45) is 6.18. The first-order valence-electron chi connectivity index (χ1n) is 6.96. The van der Waals surface area contributed by atoms with Crippen molar-refractivity contribution in [3.05, 3.63) is 0 Å². The van der Waals surface area contributed by atoms with Crippen LogP contribution in [-0.4, -0.2) is 33.0 Å². The van der Waals surface area contributed by atoms with Crippen molar-refractivity contribution < 1.29 is 8.42 Å². The average molecular weight is 261 g/mol. The minimum atomic E-state index is -2.78. The van der Waals surface area contributed by atoms with Crippen molar-refractivity contribution >= 4 is 9.84 Å². The van der Waals surface area contributed by atoms with Crippen LogP contribution < -0.4 is 5.32 Å². The molecule has 0 spiro atoms. The zero-order chi connectivity index (χ0) is 12.7. The van der Waals surface area contributed by atoms with E-state index >= 15 is 0 Å². The van der Waals surface area contributed by atoms with Gasteiger partial charge in [-0.05, 0) is 37.8 Å². The fraction of sp³-hybridized carbons (Fsp3) is 1.00. The summed E-state index contributed by atoms with van der Waals surface area (Å²) in [5.41, 5.74) is 0. The zero-order valence-electron chi connectivity index (χ0n) is 11.2. The van der Waals surface area contributed by atoms with Crippen LogP contribution in [0.2, 0.25) is 0 Å². The Morgan fingerprint density at radius 1 is 1.24 bits per heavy atom. The third-order valence-corrected chi connectivity index (χ3v) is 5.73. The molecule has 0 aliphatic heterocycles. The highest BCUT2D eigenvalue weighted by Gasteiger charge is 2.20. The molecule has 102 valence electrons. The van der Waals surface area contributed by atoms with E-state index in [0.717, 1.165) is 31.3 Å². The molecule has 1 aliphatic carbocycles. The third kappa shape index (κ3) is 5.87. The van der Waals surface area contributed by atoms with Crippen molar-refractivity contribution in [3.8, 4) is 0 Å². The highest BCUT2D eigenvalue weighted by Crippen LogP contribution is 2.28. The molecule has 1 saturated carbocycles. The van der Waals surface area contributed by atoms with Crippen molar-refractivity contribution in [2.24, 2.45) is 11.8 Å². The van der Waals surface area contributed by atoms with Crippen molar-refractivity contribution in [1.29, 1.82) is 0 Å². The SMILES string of the molecule is CCS(=O)(=O)CCCNCC1CCCCC1C. The van der Waals surface area contributed by atoms with Crippen molar-refractivity contribution in [3.63, 3.8) is 0 Å². The lowest BCUT2D eigenvalue weighted by atomic mass is 9.80. The molecule has 3 nitrogen and oxygen atoms in total. The number of hydrogen-bond acceptors (Lipinski definition) is 3. The van der Waals surface area contributed by atoms with Gasteiger partial charge in [-0.1, -0.05) is 33.1 Å². The second kappa shape index (κ2) is 7.37. The second-order valence-electron chi connectivity index (χ2n) is 5.32. The number of sulfone groups is 1. The van der Waals surface area contributed by atoms with E-state index < -0.39 is 9.84 Å². The van der Waals surface area contributed by atoms with E-state index in [2.05, 4.69) is 12.2 Å². The summed E-state index contributed by atoms with van der Waals surface area (Å²) >= 11 is 0. The molecule has 1 aliphatic rings. The Labute approximate surface area is 106 Å². The smallest absolute Gasteiger partial charge is 0.150 e. The molecule has 0 saturated heterocycles. The molecule has 0 aromatic rings. The van der Waals surface area contributed by atoms with Crippen molar-refractivity contribution in [2.45, 2.75) is 46.0 Å². The Bertz CT molecular complexity index is 301. The standard InChI is InChI=1S/C13H27NO2S/c1-3-17(15,16)10-6-9-14-11-13-8-5-4-7-12(13)2/h12-14H,3-11H2,1-2H3. The van der Waals surface area contributed by atoms with E-state index in [1.807, 2.05) is 0 Å². The van der Waals surface area contributed by atoms with Gasteiger partial charge in [0, 0.05) is 5.75 Å². The summed E-state index contributed by atoms with van der Waals surface area (Å²) in [6, 6.07) is 0. The van der Waals surface area contributed by atoms with Gasteiger partial charge in [0.1, 0.15) is 9.84 Å². The van der Waals surface area contributed by atoms with E-state index in [4.69, 9.17) is 0 Å². The lowest BCUT2D eigenvalue weighted by molar-refractivity contribution is 0.248. The second-order valence-corrected chi connectivity index (χ2v) is 7.79. The maximum absolute atomic E-state index is 11.3. The molecule has 4 heteroatoms. The minimum Gasteiger partial charge on any atom is -0.316 e. The molecule has 0 heterocycles. The zero-order valence-corrected chi connectivity index (χ0v) is 12.1. The van der Waals surface area contributed by atoms with Gasteiger partial charge in [0.15, 0.2) is 0 Å². The van der Waals surface area contributed by atoms with Gasteiger partial charge in [-0.15, -0.1) is 0 Å². The van der Waals surface area contributed by atoms with Crippen LogP contribution in [0.15, 0.2) is 0 Å². The van der Waals surface area contributed by atoms with E-state index in [9.17, 15) is 8.42 Å². The Balaban J connectivity index is 2.08. The molecule has 0 amide bonds. The van der Waals surface area contributed by atoms with E-state index in [1.165, 1.54) is 25.7 Å². The van der Waals surface area contributed by atoms with Crippen LogP contribution >= 0.6 is 0 Å². The van der Waals surface area contributed by atoms with E-state index in [1.54, 1.807) is 6.92 Å². The summed E-state index contributed by atoms with van der Waals surface area (Å²) < 4.78 is 22.6. The van der Waals surface area contributed by atoms with E-state index in [0.29, 0.717) is 5.75 Å². The fourth-order valence-electron chi connectivity index (χ4n) is 2.55. The van der Waals surface area contributed by atoms with Gasteiger partial charge in [0.2, 0.25) is 0 Å². The van der Waals surface area contributed by atoms with Gasteiger partial charge < -0.3 is 5.32 Å². The molecule has 0 bridgehead atoms. The molecular formula is C13H27NO2S. The normalized spacial score (nSPS) is 26.0. The Morgan fingerprint density at radius 2 is 1.94 bits per heavy atom. The molecular weight excluding hydrogens is 234 g/mol. The molecule has 1 N–H and O–H groups in total. The highest BCUT2D eigenvalue weighted by molar-refractivity contribution is 7.91. The quantitative estimate of drug-likeness (QED) is 0.715. The first kappa shape index (κ1) is 15.0. The van der Waals surface area contributed by atoms with Crippen molar-refractivity contribution in [1.82, 2.24) is 5.32 Å². The van der Waals surface area contributed by atoms with Gasteiger partial charge in [-0.3, -0.25) is 0 Å². The van der Waals surface area contributed by atoms with Gasteiger partial charge in [0.05, 0.1) is 5.75 Å². The van der Waals surface area contributed by atoms with E-state index in [-0.39, 0.29) is 5.75 Å². The Hall–Kier alpha value is -0.0900. The topological polar surface area (TPSA) is 46.2 Å². The maximum atomic E-state index is 11.3. The van der Waals surface area contributed by atoms with Crippen LogP contribution in [0.5, 0.6) is 0 Å². The Morgan fingerprint density at radius 3 is 2.59 bits per heavy atom. The van der Waals surface area contributed by atoms with Crippen LogP contribution in [-0.2, 0) is 9.84 Å². The first-order valence-corrected chi connectivity index (χ1v) is 8.78. The fourth-order valence-corrected chi connectivity index (χ4v) is 3.42. The summed E-state index contributed by atoms with van der Waals surface area (Å²) in [5, 5.41) is 3.42. The molecule has 2 unspecified atom stereocenters. The van der Waals surface area contributed by atoms with Crippen molar-refractivity contribution in [2.75, 3.05) is 24.6 Å². The van der Waals surface area contributed by atoms with Gasteiger partial charge >= 0.3 is 0 Å². The van der Waals surface area contributed by atoms with Crippen LogP contribution in [0.3, 0.4) is 0 Å². The first-order chi connectivity index (χ1) is 8.05. The maximum Gasteiger partial charge on any atom is 0.150 e.